The predicted octanol–water partition coefficient (Wildman–Crippen LogP) is 3.45. The lowest BCUT2D eigenvalue weighted by molar-refractivity contribution is 0.102. The number of thiazole rings is 1. The summed E-state index contributed by atoms with van der Waals surface area (Å²) in [5.74, 6) is 5.29. The summed E-state index contributed by atoms with van der Waals surface area (Å²) in [5.41, 5.74) is 6.83. The molecule has 2 aromatic carbocycles. The summed E-state index contributed by atoms with van der Waals surface area (Å²) < 4.78 is 0.980. The number of aromatic nitrogens is 1. The van der Waals surface area contributed by atoms with Gasteiger partial charge in [-0.15, -0.1) is 0 Å². The van der Waals surface area contributed by atoms with Gasteiger partial charge in [-0.05, 0) is 43.2 Å². The lowest BCUT2D eigenvalue weighted by atomic mass is 10.1. The average molecular weight is 312 g/mol. The maximum atomic E-state index is 12.4. The van der Waals surface area contributed by atoms with Crippen molar-refractivity contribution in [1.82, 2.24) is 4.98 Å². The summed E-state index contributed by atoms with van der Waals surface area (Å²) in [5, 5.41) is 3.60. The van der Waals surface area contributed by atoms with Gasteiger partial charge in [0.15, 0.2) is 5.13 Å². The SMILES string of the molecule is Cc1ccccc1C(=O)Nc1cc(C)c2nc(NN)sc2c1. The molecule has 0 fully saturated rings. The van der Waals surface area contributed by atoms with Crippen molar-refractivity contribution in [3.63, 3.8) is 0 Å². The summed E-state index contributed by atoms with van der Waals surface area (Å²) in [6.45, 7) is 3.89. The second-order valence-electron chi connectivity index (χ2n) is 5.07. The van der Waals surface area contributed by atoms with Crippen LogP contribution in [0.5, 0.6) is 0 Å². The van der Waals surface area contributed by atoms with Gasteiger partial charge < -0.3 is 5.32 Å². The Balaban J connectivity index is 1.94. The largest absolute Gasteiger partial charge is 0.322 e. The van der Waals surface area contributed by atoms with E-state index in [1.165, 1.54) is 11.3 Å². The van der Waals surface area contributed by atoms with Crippen LogP contribution >= 0.6 is 11.3 Å². The molecule has 6 heteroatoms. The zero-order valence-electron chi connectivity index (χ0n) is 12.3. The number of amides is 1. The number of nitrogens with one attached hydrogen (secondary N) is 2. The molecular formula is C16H16N4OS. The molecule has 1 aromatic heterocycles. The number of nitrogens with two attached hydrogens (primary N) is 1. The van der Waals surface area contributed by atoms with Crippen molar-refractivity contribution in [3.8, 4) is 0 Å². The number of hydrogen-bond acceptors (Lipinski definition) is 5. The summed E-state index contributed by atoms with van der Waals surface area (Å²) >= 11 is 1.45. The Morgan fingerprint density at radius 2 is 1.95 bits per heavy atom. The van der Waals surface area contributed by atoms with Crippen LogP contribution in [-0.4, -0.2) is 10.9 Å². The zero-order valence-corrected chi connectivity index (χ0v) is 13.1. The van der Waals surface area contributed by atoms with Crippen molar-refractivity contribution in [3.05, 3.63) is 53.1 Å². The maximum Gasteiger partial charge on any atom is 0.255 e. The highest BCUT2D eigenvalue weighted by molar-refractivity contribution is 7.22. The highest BCUT2D eigenvalue weighted by Gasteiger charge is 2.11. The standard InChI is InChI=1S/C16H16N4OS/c1-9-5-3-4-6-12(9)15(21)18-11-7-10(2)14-13(8-11)22-16(19-14)20-17/h3-8H,17H2,1-2H3,(H,18,21)(H,19,20). The molecule has 0 spiro atoms. The molecule has 0 unspecified atom stereocenters. The second kappa shape index (κ2) is 5.75. The summed E-state index contributed by atoms with van der Waals surface area (Å²) in [4.78, 5) is 16.8. The number of fused-ring (bicyclic) bond motifs is 1. The molecule has 112 valence electrons. The minimum atomic E-state index is -0.112. The van der Waals surface area contributed by atoms with E-state index in [1.54, 1.807) is 0 Å². The molecule has 0 aliphatic heterocycles. The molecule has 5 nitrogen and oxygen atoms in total. The van der Waals surface area contributed by atoms with Crippen LogP contribution in [0.4, 0.5) is 10.8 Å². The third kappa shape index (κ3) is 2.66. The lowest BCUT2D eigenvalue weighted by Crippen LogP contribution is -2.13. The first-order chi connectivity index (χ1) is 10.6. The fraction of sp³-hybridized carbons (Fsp3) is 0.125. The van der Waals surface area contributed by atoms with Crippen LogP contribution in [0, 0.1) is 13.8 Å². The monoisotopic (exact) mass is 312 g/mol. The van der Waals surface area contributed by atoms with Crippen LogP contribution in [0.15, 0.2) is 36.4 Å². The minimum Gasteiger partial charge on any atom is -0.322 e. The van der Waals surface area contributed by atoms with Crippen molar-refractivity contribution >= 4 is 38.3 Å². The van der Waals surface area contributed by atoms with E-state index < -0.39 is 0 Å². The number of hydrazine groups is 1. The van der Waals surface area contributed by atoms with E-state index in [4.69, 9.17) is 5.84 Å². The molecule has 0 radical (unpaired) electrons. The van der Waals surface area contributed by atoms with Gasteiger partial charge in [-0.2, -0.15) is 0 Å². The van der Waals surface area contributed by atoms with Gasteiger partial charge in [0.25, 0.3) is 5.91 Å². The number of carbonyl (C=O) groups is 1. The number of rotatable bonds is 3. The van der Waals surface area contributed by atoms with E-state index in [0.29, 0.717) is 10.7 Å². The number of nitrogen functional groups attached to an aromatic ring is 1. The molecule has 0 aliphatic carbocycles. The van der Waals surface area contributed by atoms with E-state index in [2.05, 4.69) is 15.7 Å². The van der Waals surface area contributed by atoms with E-state index in [0.717, 1.165) is 27.0 Å². The van der Waals surface area contributed by atoms with E-state index in [-0.39, 0.29) is 5.91 Å². The van der Waals surface area contributed by atoms with Gasteiger partial charge in [-0.25, -0.2) is 10.8 Å². The second-order valence-corrected chi connectivity index (χ2v) is 6.10. The molecule has 4 N–H and O–H groups in total. The molecule has 3 rings (SSSR count). The lowest BCUT2D eigenvalue weighted by Gasteiger charge is -2.08. The number of nitrogens with zero attached hydrogens (tertiary/aromatic N) is 1. The third-order valence-corrected chi connectivity index (χ3v) is 4.39. The topological polar surface area (TPSA) is 80.0 Å². The van der Waals surface area contributed by atoms with Gasteiger partial charge in [0, 0.05) is 11.3 Å². The van der Waals surface area contributed by atoms with Crippen molar-refractivity contribution in [1.29, 1.82) is 0 Å². The van der Waals surface area contributed by atoms with E-state index in [1.807, 2.05) is 50.2 Å². The number of carbonyl (C=O) groups excluding carboxylic acids is 1. The van der Waals surface area contributed by atoms with Crippen molar-refractivity contribution in [2.45, 2.75) is 13.8 Å². The van der Waals surface area contributed by atoms with Crippen molar-refractivity contribution in [2.75, 3.05) is 10.7 Å². The molecule has 1 amide bonds. The third-order valence-electron chi connectivity index (χ3n) is 3.46. The highest BCUT2D eigenvalue weighted by atomic mass is 32.1. The number of benzene rings is 2. The fourth-order valence-corrected chi connectivity index (χ4v) is 3.25. The predicted molar refractivity (Wildman–Crippen MR) is 91.3 cm³/mol. The molecule has 0 saturated carbocycles. The smallest absolute Gasteiger partial charge is 0.255 e. The fourth-order valence-electron chi connectivity index (χ4n) is 2.36. The molecule has 0 atom stereocenters. The molecule has 0 aliphatic rings. The quantitative estimate of drug-likeness (QED) is 0.511. The Morgan fingerprint density at radius 1 is 1.18 bits per heavy atom. The van der Waals surface area contributed by atoms with Crippen molar-refractivity contribution in [2.24, 2.45) is 5.84 Å². The van der Waals surface area contributed by atoms with Crippen LogP contribution in [0.3, 0.4) is 0 Å². The van der Waals surface area contributed by atoms with Crippen LogP contribution in [0.25, 0.3) is 10.2 Å². The van der Waals surface area contributed by atoms with Gasteiger partial charge in [0.05, 0.1) is 10.2 Å². The normalized spacial score (nSPS) is 10.7. The molecule has 0 saturated heterocycles. The first kappa shape index (κ1) is 14.5. The van der Waals surface area contributed by atoms with Gasteiger partial charge in [0.2, 0.25) is 0 Å². The Kier molecular flexibility index (Phi) is 3.79. The van der Waals surface area contributed by atoms with Crippen LogP contribution in [0.2, 0.25) is 0 Å². The van der Waals surface area contributed by atoms with Gasteiger partial charge in [-0.3, -0.25) is 10.2 Å². The Morgan fingerprint density at radius 3 is 2.68 bits per heavy atom. The minimum absolute atomic E-state index is 0.112. The average Bonchev–Trinajstić information content (AvgIpc) is 2.91. The number of aryl methyl sites for hydroxylation is 2. The zero-order chi connectivity index (χ0) is 15.7. The van der Waals surface area contributed by atoms with Crippen LogP contribution in [0.1, 0.15) is 21.5 Å². The van der Waals surface area contributed by atoms with Crippen LogP contribution in [-0.2, 0) is 0 Å². The molecule has 0 bridgehead atoms. The Labute approximate surface area is 132 Å². The number of anilines is 2. The van der Waals surface area contributed by atoms with E-state index >= 15 is 0 Å². The van der Waals surface area contributed by atoms with E-state index in [9.17, 15) is 4.79 Å². The summed E-state index contributed by atoms with van der Waals surface area (Å²) in [6, 6.07) is 11.3. The molecule has 22 heavy (non-hydrogen) atoms. The summed E-state index contributed by atoms with van der Waals surface area (Å²) in [7, 11) is 0. The highest BCUT2D eigenvalue weighted by Crippen LogP contribution is 2.30. The first-order valence-electron chi connectivity index (χ1n) is 6.83. The van der Waals surface area contributed by atoms with Gasteiger partial charge >= 0.3 is 0 Å². The van der Waals surface area contributed by atoms with Gasteiger partial charge in [0.1, 0.15) is 0 Å². The van der Waals surface area contributed by atoms with Crippen LogP contribution < -0.4 is 16.6 Å². The maximum absolute atomic E-state index is 12.4. The number of hydrogen-bond donors (Lipinski definition) is 3. The Hall–Kier alpha value is -2.44. The Bertz CT molecular complexity index is 856. The molecular weight excluding hydrogens is 296 g/mol. The summed E-state index contributed by atoms with van der Waals surface area (Å²) in [6.07, 6.45) is 0. The van der Waals surface area contributed by atoms with Gasteiger partial charge in [-0.1, -0.05) is 29.5 Å². The molecule has 1 heterocycles. The first-order valence-corrected chi connectivity index (χ1v) is 7.65. The van der Waals surface area contributed by atoms with Crippen molar-refractivity contribution < 1.29 is 4.79 Å². The molecule has 3 aromatic rings.